The van der Waals surface area contributed by atoms with Gasteiger partial charge in [0.2, 0.25) is 0 Å². The van der Waals surface area contributed by atoms with Gasteiger partial charge in [0, 0.05) is 41.1 Å². The van der Waals surface area contributed by atoms with Crippen LogP contribution in [0.3, 0.4) is 0 Å². The van der Waals surface area contributed by atoms with Crippen molar-refractivity contribution in [2.45, 2.75) is 30.0 Å². The molecule has 1 saturated heterocycles. The predicted octanol–water partition coefficient (Wildman–Crippen LogP) is 3.88. The van der Waals surface area contributed by atoms with Gasteiger partial charge in [-0.25, -0.2) is 8.42 Å². The van der Waals surface area contributed by atoms with Crippen LogP contribution in [0.2, 0.25) is 5.02 Å². The molecule has 2 aliphatic heterocycles. The average Bonchev–Trinajstić information content (AvgIpc) is 3.55. The molecular formula is C27H27ClN4O4S. The number of fused-ring (bicyclic) bond motifs is 1. The lowest BCUT2D eigenvalue weighted by Crippen LogP contribution is -2.33. The highest BCUT2D eigenvalue weighted by Gasteiger charge is 2.30. The minimum absolute atomic E-state index is 0.0998. The number of nitrogens with one attached hydrogen (secondary N) is 3. The van der Waals surface area contributed by atoms with Crippen LogP contribution in [-0.4, -0.2) is 56.3 Å². The summed E-state index contributed by atoms with van der Waals surface area (Å²) in [5.74, 6) is -0.683. The Kier molecular flexibility index (Phi) is 6.70. The highest BCUT2D eigenvalue weighted by atomic mass is 35.5. The Bertz CT molecular complexity index is 1540. The Morgan fingerprint density at radius 3 is 2.76 bits per heavy atom. The van der Waals surface area contributed by atoms with Gasteiger partial charge in [0.25, 0.3) is 11.8 Å². The van der Waals surface area contributed by atoms with Gasteiger partial charge in [0.1, 0.15) is 0 Å². The summed E-state index contributed by atoms with van der Waals surface area (Å²) in [6, 6.07) is 13.3. The topological polar surface area (TPSA) is 111 Å². The maximum absolute atomic E-state index is 13.3. The molecule has 3 N–H and O–H groups in total. The molecule has 8 nitrogen and oxygen atoms in total. The largest absolute Gasteiger partial charge is 0.358 e. The average molecular weight is 539 g/mol. The highest BCUT2D eigenvalue weighted by Crippen LogP contribution is 2.36. The number of likely N-dealkylation sites (N-methyl/N-ethyl adjacent to an activating group) is 1. The molecule has 192 valence electrons. The molecule has 3 heterocycles. The van der Waals surface area contributed by atoms with E-state index in [0.29, 0.717) is 51.8 Å². The molecule has 0 radical (unpaired) electrons. The van der Waals surface area contributed by atoms with E-state index < -0.39 is 9.84 Å². The van der Waals surface area contributed by atoms with Crippen LogP contribution in [0.5, 0.6) is 0 Å². The molecule has 0 bridgehead atoms. The van der Waals surface area contributed by atoms with E-state index in [1.807, 2.05) is 14.0 Å². The highest BCUT2D eigenvalue weighted by molar-refractivity contribution is 7.90. The second kappa shape index (κ2) is 9.81. The molecule has 0 saturated carbocycles. The molecule has 37 heavy (non-hydrogen) atoms. The number of anilines is 1. The number of aryl methyl sites for hydroxylation is 1. The van der Waals surface area contributed by atoms with Gasteiger partial charge in [-0.05, 0) is 68.4 Å². The monoisotopic (exact) mass is 538 g/mol. The van der Waals surface area contributed by atoms with Crippen LogP contribution in [0.15, 0.2) is 53.4 Å². The molecule has 2 amide bonds. The first-order valence-electron chi connectivity index (χ1n) is 12.0. The molecular weight excluding hydrogens is 512 g/mol. The number of aromatic amines is 1. The lowest BCUT2D eigenvalue weighted by molar-refractivity contribution is -0.110. The summed E-state index contributed by atoms with van der Waals surface area (Å²) in [4.78, 5) is 31.3. The number of likely N-dealkylation sites (tertiary alicyclic amines) is 1. The molecule has 3 aromatic rings. The smallest absolute Gasteiger partial charge is 0.256 e. The molecule has 0 spiro atoms. The number of benzene rings is 2. The van der Waals surface area contributed by atoms with Gasteiger partial charge in [0.15, 0.2) is 9.84 Å². The van der Waals surface area contributed by atoms with E-state index in [0.717, 1.165) is 12.1 Å². The molecule has 2 aliphatic rings. The third kappa shape index (κ3) is 5.07. The summed E-state index contributed by atoms with van der Waals surface area (Å²) in [6.07, 6.45) is 2.50. The SMILES string of the molecule is CN[C@@H]1CCN(C(=O)c2cc(C)[nH]c2C=C2C(=O)Nc3ccc(S(=O)(=O)Cc4cccc(Cl)c4)cc32)C1. The number of amides is 2. The normalized spacial score (nSPS) is 18.4. The maximum atomic E-state index is 13.3. The van der Waals surface area contributed by atoms with Crippen LogP contribution in [0.4, 0.5) is 5.69 Å². The summed E-state index contributed by atoms with van der Waals surface area (Å²) >= 11 is 6.02. The van der Waals surface area contributed by atoms with Gasteiger partial charge in [0.05, 0.1) is 27.5 Å². The van der Waals surface area contributed by atoms with Crippen molar-refractivity contribution in [3.63, 3.8) is 0 Å². The first-order chi connectivity index (χ1) is 17.6. The van der Waals surface area contributed by atoms with Gasteiger partial charge in [-0.3, -0.25) is 9.59 Å². The summed E-state index contributed by atoms with van der Waals surface area (Å²) < 4.78 is 26.3. The third-order valence-electron chi connectivity index (χ3n) is 6.76. The molecule has 1 aromatic heterocycles. The first-order valence-corrected chi connectivity index (χ1v) is 14.0. The van der Waals surface area contributed by atoms with Crippen LogP contribution >= 0.6 is 11.6 Å². The quantitative estimate of drug-likeness (QED) is 0.412. The van der Waals surface area contributed by atoms with Crippen molar-refractivity contribution in [3.05, 3.63) is 81.6 Å². The number of aromatic nitrogens is 1. The van der Waals surface area contributed by atoms with Crippen molar-refractivity contribution in [3.8, 4) is 0 Å². The Morgan fingerprint density at radius 1 is 1.22 bits per heavy atom. The Hall–Kier alpha value is -3.40. The summed E-state index contributed by atoms with van der Waals surface area (Å²) in [5.41, 5.74) is 3.64. The summed E-state index contributed by atoms with van der Waals surface area (Å²) in [5, 5.41) is 6.46. The Morgan fingerprint density at radius 2 is 2.03 bits per heavy atom. The molecule has 2 aromatic carbocycles. The lowest BCUT2D eigenvalue weighted by Gasteiger charge is -2.16. The molecule has 5 rings (SSSR count). The van der Waals surface area contributed by atoms with Crippen molar-refractivity contribution in [1.82, 2.24) is 15.2 Å². The predicted molar refractivity (Wildman–Crippen MR) is 144 cm³/mol. The number of carbonyl (C=O) groups is 2. The zero-order chi connectivity index (χ0) is 26.3. The molecule has 1 atom stereocenters. The molecule has 1 fully saturated rings. The zero-order valence-electron chi connectivity index (χ0n) is 20.5. The second-order valence-corrected chi connectivity index (χ2v) is 11.8. The number of halogens is 1. The van der Waals surface area contributed by atoms with E-state index in [-0.39, 0.29) is 28.5 Å². The number of carbonyl (C=O) groups excluding carboxylic acids is 2. The molecule has 0 aliphatic carbocycles. The Balaban J connectivity index is 1.48. The van der Waals surface area contributed by atoms with E-state index in [4.69, 9.17) is 11.6 Å². The molecule has 10 heteroatoms. The fraction of sp³-hybridized carbons (Fsp3) is 0.259. The summed E-state index contributed by atoms with van der Waals surface area (Å²) in [6.45, 7) is 3.12. The van der Waals surface area contributed by atoms with Crippen molar-refractivity contribution in [1.29, 1.82) is 0 Å². The fourth-order valence-corrected chi connectivity index (χ4v) is 6.40. The van der Waals surface area contributed by atoms with Gasteiger partial charge in [-0.2, -0.15) is 0 Å². The van der Waals surface area contributed by atoms with Crippen molar-refractivity contribution in [2.24, 2.45) is 0 Å². The number of H-pyrrole nitrogens is 1. The zero-order valence-corrected chi connectivity index (χ0v) is 22.0. The van der Waals surface area contributed by atoms with Crippen LogP contribution in [0, 0.1) is 6.92 Å². The minimum atomic E-state index is -3.70. The van der Waals surface area contributed by atoms with Crippen molar-refractivity contribution < 1.29 is 18.0 Å². The standard InChI is InChI=1S/C27H27ClN4O4S/c1-16-10-23(27(34)32-9-8-19(14-32)29-2)25(30-16)13-22-21-12-20(6-7-24(21)31-26(22)33)37(35,36)15-17-4-3-5-18(28)11-17/h3-7,10-13,19,29-30H,8-9,14-15H2,1-2H3,(H,31,33)/t19-/m1/s1. The Labute approximate surface area is 220 Å². The van der Waals surface area contributed by atoms with Gasteiger partial charge in [-0.15, -0.1) is 0 Å². The third-order valence-corrected chi connectivity index (χ3v) is 8.69. The van der Waals surface area contributed by atoms with Crippen LogP contribution in [0.25, 0.3) is 11.6 Å². The molecule has 0 unspecified atom stereocenters. The van der Waals surface area contributed by atoms with Crippen LogP contribution < -0.4 is 10.6 Å². The second-order valence-electron chi connectivity index (χ2n) is 9.41. The van der Waals surface area contributed by atoms with E-state index in [9.17, 15) is 18.0 Å². The number of sulfone groups is 1. The fourth-order valence-electron chi connectivity index (χ4n) is 4.83. The minimum Gasteiger partial charge on any atom is -0.358 e. The van der Waals surface area contributed by atoms with Crippen LogP contribution in [-0.2, 0) is 20.4 Å². The van der Waals surface area contributed by atoms with E-state index in [1.54, 1.807) is 47.4 Å². The lowest BCUT2D eigenvalue weighted by atomic mass is 10.0. The van der Waals surface area contributed by atoms with E-state index >= 15 is 0 Å². The van der Waals surface area contributed by atoms with Gasteiger partial charge in [-0.1, -0.05) is 23.7 Å². The number of hydrogen-bond donors (Lipinski definition) is 3. The summed E-state index contributed by atoms with van der Waals surface area (Å²) in [7, 11) is -1.82. The number of hydrogen-bond acceptors (Lipinski definition) is 5. The van der Waals surface area contributed by atoms with Crippen molar-refractivity contribution in [2.75, 3.05) is 25.5 Å². The van der Waals surface area contributed by atoms with Crippen LogP contribution in [0.1, 0.15) is 39.3 Å². The first kappa shape index (κ1) is 25.3. The number of nitrogens with zero attached hydrogens (tertiary/aromatic N) is 1. The van der Waals surface area contributed by atoms with Crippen molar-refractivity contribution >= 4 is 50.6 Å². The number of rotatable bonds is 6. The van der Waals surface area contributed by atoms with E-state index in [1.165, 1.54) is 12.1 Å². The maximum Gasteiger partial charge on any atom is 0.256 e. The van der Waals surface area contributed by atoms with Gasteiger partial charge >= 0.3 is 0 Å². The van der Waals surface area contributed by atoms with E-state index in [2.05, 4.69) is 15.6 Å². The van der Waals surface area contributed by atoms with Gasteiger partial charge < -0.3 is 20.5 Å².